The Morgan fingerprint density at radius 2 is 1.56 bits per heavy atom. The van der Waals surface area contributed by atoms with Gasteiger partial charge in [-0.3, -0.25) is 0 Å². The molecule has 0 heteroatoms. The number of hydrogen-bond acceptors (Lipinski definition) is 0. The second-order valence-electron chi connectivity index (χ2n) is 15.4. The molecule has 3 aliphatic carbocycles. The molecule has 0 saturated heterocycles. The third-order valence-corrected chi connectivity index (χ3v) is 11.5. The van der Waals surface area contributed by atoms with Gasteiger partial charge in [-0.15, -0.1) is 0 Å². The van der Waals surface area contributed by atoms with Crippen LogP contribution >= 0.6 is 0 Å². The van der Waals surface area contributed by atoms with Crippen LogP contribution in [-0.4, -0.2) is 0 Å². The van der Waals surface area contributed by atoms with Crippen molar-refractivity contribution in [3.8, 4) is 11.1 Å². The van der Waals surface area contributed by atoms with Gasteiger partial charge >= 0.3 is 0 Å². The molecule has 0 fully saturated rings. The first-order valence-electron chi connectivity index (χ1n) is 15.6. The molecule has 0 N–H and O–H groups in total. The van der Waals surface area contributed by atoms with E-state index in [1.54, 1.807) is 0 Å². The van der Waals surface area contributed by atoms with Crippen molar-refractivity contribution in [3.05, 3.63) is 111 Å². The van der Waals surface area contributed by atoms with Crippen molar-refractivity contribution in [2.45, 2.75) is 107 Å². The number of hydrogen-bond donors (Lipinski definition) is 0. The predicted molar refractivity (Wildman–Crippen MR) is 180 cm³/mol. The predicted octanol–water partition coefficient (Wildman–Crippen LogP) is 11.7. The van der Waals surface area contributed by atoms with Crippen LogP contribution in [0, 0.1) is 23.2 Å². The average Bonchev–Trinajstić information content (AvgIpc) is 2.85. The van der Waals surface area contributed by atoms with E-state index in [0.29, 0.717) is 0 Å². The zero-order valence-corrected chi connectivity index (χ0v) is 27.8. The highest BCUT2D eigenvalue weighted by Crippen LogP contribution is 2.70. The van der Waals surface area contributed by atoms with E-state index in [-0.39, 0.29) is 21.7 Å². The van der Waals surface area contributed by atoms with E-state index < -0.39 is 0 Å². The molecule has 0 amide bonds. The molecule has 0 unspecified atom stereocenters. The Kier molecular flexibility index (Phi) is 6.74. The number of aryl methyl sites for hydroxylation is 1. The monoisotopic (exact) mass is 544 g/mol. The molecule has 2 aromatic rings. The first kappa shape index (κ1) is 29.6. The summed E-state index contributed by atoms with van der Waals surface area (Å²) < 4.78 is 0. The van der Waals surface area contributed by atoms with Crippen LogP contribution in [0.1, 0.15) is 110 Å². The Morgan fingerprint density at radius 3 is 2.10 bits per heavy atom. The van der Waals surface area contributed by atoms with E-state index >= 15 is 0 Å². The van der Waals surface area contributed by atoms with Crippen LogP contribution < -0.4 is 0 Å². The van der Waals surface area contributed by atoms with Crippen molar-refractivity contribution in [2.75, 3.05) is 0 Å². The van der Waals surface area contributed by atoms with Gasteiger partial charge in [0, 0.05) is 5.41 Å². The molecule has 3 atom stereocenters. The standard InChI is InChI=1S/C41H52/c1-15-30-20-33(31-16-18-32(19-17-31)38(9,10)11)34-22-39(12)23-40(13)21-25(4)35(24(2)3)28(7)41(40,14)29(8)37(39)27(6)36(34)26(30)5/h16-20H,2,6-7,15,21-23H2,1,3-5,8-14H3/t39-,40+,41-/m1/s1. The second kappa shape index (κ2) is 9.32. The molecule has 0 bridgehead atoms. The normalized spacial score (nSPS) is 28.0. The number of benzene rings is 2. The molecular formula is C41H52. The van der Waals surface area contributed by atoms with E-state index in [2.05, 4.69) is 113 Å². The van der Waals surface area contributed by atoms with Gasteiger partial charge in [-0.2, -0.15) is 0 Å². The van der Waals surface area contributed by atoms with E-state index in [1.165, 1.54) is 72.4 Å². The molecular weight excluding hydrogens is 492 g/mol. The van der Waals surface area contributed by atoms with Crippen molar-refractivity contribution in [1.82, 2.24) is 0 Å². The maximum absolute atomic E-state index is 4.92. The van der Waals surface area contributed by atoms with E-state index in [9.17, 15) is 0 Å². The first-order chi connectivity index (χ1) is 18.9. The molecule has 3 aliphatic rings. The molecule has 0 aromatic heterocycles. The average molecular weight is 545 g/mol. The lowest BCUT2D eigenvalue weighted by atomic mass is 9.41. The molecule has 0 spiro atoms. The van der Waals surface area contributed by atoms with Crippen LogP contribution in [0.15, 0.2) is 83.5 Å². The minimum absolute atomic E-state index is 0.0178. The smallest absolute Gasteiger partial charge is 0.0194 e. The summed E-state index contributed by atoms with van der Waals surface area (Å²) in [6, 6.07) is 11.9. The summed E-state index contributed by atoms with van der Waals surface area (Å²) in [6.45, 7) is 39.9. The highest BCUT2D eigenvalue weighted by Gasteiger charge is 2.59. The lowest BCUT2D eigenvalue weighted by molar-refractivity contribution is 0.0544. The van der Waals surface area contributed by atoms with Crippen molar-refractivity contribution in [3.63, 3.8) is 0 Å². The van der Waals surface area contributed by atoms with Gasteiger partial charge in [0.05, 0.1) is 0 Å². The van der Waals surface area contributed by atoms with Crippen LogP contribution in [0.4, 0.5) is 0 Å². The van der Waals surface area contributed by atoms with E-state index in [0.717, 1.165) is 31.3 Å². The molecule has 0 saturated carbocycles. The van der Waals surface area contributed by atoms with Gasteiger partial charge in [-0.05, 0) is 131 Å². The Labute approximate surface area is 251 Å². The molecule has 0 heterocycles. The van der Waals surface area contributed by atoms with E-state index in [4.69, 9.17) is 13.2 Å². The summed E-state index contributed by atoms with van der Waals surface area (Å²) in [7, 11) is 0. The van der Waals surface area contributed by atoms with Gasteiger partial charge in [0.1, 0.15) is 0 Å². The van der Waals surface area contributed by atoms with Gasteiger partial charge in [0.15, 0.2) is 0 Å². The summed E-state index contributed by atoms with van der Waals surface area (Å²) in [5, 5.41) is 0. The van der Waals surface area contributed by atoms with Crippen LogP contribution in [0.25, 0.3) is 16.7 Å². The Balaban J connectivity index is 1.77. The fraction of sp³-hybridized carbons (Fsp3) is 0.463. The largest absolute Gasteiger partial charge is 0.0955 e. The van der Waals surface area contributed by atoms with Crippen LogP contribution in [0.3, 0.4) is 0 Å². The summed E-state index contributed by atoms with van der Waals surface area (Å²) in [5.74, 6) is 0. The fourth-order valence-electron chi connectivity index (χ4n) is 9.43. The molecule has 2 aromatic carbocycles. The summed E-state index contributed by atoms with van der Waals surface area (Å²) in [5.41, 5.74) is 19.3. The van der Waals surface area contributed by atoms with Crippen molar-refractivity contribution >= 4 is 5.57 Å². The van der Waals surface area contributed by atoms with E-state index in [1.807, 2.05) is 0 Å². The third kappa shape index (κ3) is 4.07. The lowest BCUT2D eigenvalue weighted by Crippen LogP contribution is -2.52. The molecule has 0 radical (unpaired) electrons. The van der Waals surface area contributed by atoms with Crippen molar-refractivity contribution in [1.29, 1.82) is 0 Å². The maximum atomic E-state index is 4.92. The van der Waals surface area contributed by atoms with Crippen LogP contribution in [0.2, 0.25) is 0 Å². The third-order valence-electron chi connectivity index (χ3n) is 11.5. The first-order valence-corrected chi connectivity index (χ1v) is 15.6. The molecule has 216 valence electrons. The van der Waals surface area contributed by atoms with Crippen LogP contribution in [-0.2, 0) is 18.3 Å². The number of allylic oxidation sites excluding steroid dienone is 7. The highest BCUT2D eigenvalue weighted by atomic mass is 14.6. The fourth-order valence-corrected chi connectivity index (χ4v) is 9.43. The second-order valence-corrected chi connectivity index (χ2v) is 15.4. The minimum Gasteiger partial charge on any atom is -0.0955 e. The van der Waals surface area contributed by atoms with Crippen LogP contribution in [0.5, 0.6) is 0 Å². The minimum atomic E-state index is -0.127. The van der Waals surface area contributed by atoms with Gasteiger partial charge in [0.25, 0.3) is 0 Å². The maximum Gasteiger partial charge on any atom is 0.0194 e. The summed E-state index contributed by atoms with van der Waals surface area (Å²) in [4.78, 5) is 0. The Morgan fingerprint density at radius 1 is 0.951 bits per heavy atom. The Bertz CT molecular complexity index is 1570. The zero-order chi connectivity index (χ0) is 30.4. The highest BCUT2D eigenvalue weighted by molar-refractivity contribution is 5.90. The topological polar surface area (TPSA) is 0 Å². The molecule has 0 aliphatic heterocycles. The van der Waals surface area contributed by atoms with Gasteiger partial charge in [0.2, 0.25) is 0 Å². The van der Waals surface area contributed by atoms with Gasteiger partial charge in [-0.1, -0.05) is 115 Å². The number of rotatable bonds is 3. The summed E-state index contributed by atoms with van der Waals surface area (Å²) >= 11 is 0. The summed E-state index contributed by atoms with van der Waals surface area (Å²) in [6.07, 6.45) is 4.27. The molecule has 41 heavy (non-hydrogen) atoms. The quantitative estimate of drug-likeness (QED) is 0.360. The molecule has 5 rings (SSSR count). The van der Waals surface area contributed by atoms with Crippen molar-refractivity contribution in [2.24, 2.45) is 16.2 Å². The van der Waals surface area contributed by atoms with Gasteiger partial charge < -0.3 is 0 Å². The Hall–Kier alpha value is -2.86. The molecule has 0 nitrogen and oxygen atoms in total. The number of fused-ring (bicyclic) bond motifs is 3. The lowest BCUT2D eigenvalue weighted by Gasteiger charge is -2.62. The van der Waals surface area contributed by atoms with Gasteiger partial charge in [-0.25, -0.2) is 0 Å². The van der Waals surface area contributed by atoms with Crippen molar-refractivity contribution < 1.29 is 0 Å². The SMILES string of the molecule is C=C(C)C1=C(C)C[C@@]2(C)C[C@@]3(C)Cc4c(-c5ccc(C(C)(C)C)cc5)cc(CC)c(C)c4C(=C)C3=C(C)[C@@]2(C)C1=C. The zero-order valence-electron chi connectivity index (χ0n) is 27.8.